The maximum atomic E-state index is 12.8. The Balaban J connectivity index is 1.50. The van der Waals surface area contributed by atoms with Gasteiger partial charge in [0.2, 0.25) is 0 Å². The predicted molar refractivity (Wildman–Crippen MR) is 136 cm³/mol. The van der Waals surface area contributed by atoms with Crippen LogP contribution in [0.5, 0.6) is 17.2 Å². The number of hydrogen-bond donors (Lipinski definition) is 1. The number of nitro benzene ring substituents is 1. The number of nitrogens with zero attached hydrogens (tertiary/aromatic N) is 1. The molecular weight excluding hydrogens is 484 g/mol. The van der Waals surface area contributed by atoms with Crippen molar-refractivity contribution in [2.45, 2.75) is 27.4 Å². The van der Waals surface area contributed by atoms with Crippen LogP contribution in [0.2, 0.25) is 5.02 Å². The molecule has 0 bridgehead atoms. The summed E-state index contributed by atoms with van der Waals surface area (Å²) in [5.41, 5.74) is 2.93. The lowest BCUT2D eigenvalue weighted by Crippen LogP contribution is -2.11. The zero-order chi connectivity index (χ0) is 25.8. The third-order valence-corrected chi connectivity index (χ3v) is 5.65. The molecule has 1 heterocycles. The van der Waals surface area contributed by atoms with Crippen LogP contribution in [-0.4, -0.2) is 10.8 Å². The molecule has 1 N–H and O–H groups in total. The fraction of sp³-hybridized carbons (Fsp3) is 0.148. The number of rotatable bonds is 8. The Bertz CT molecular complexity index is 1450. The maximum absolute atomic E-state index is 12.8. The first-order valence-corrected chi connectivity index (χ1v) is 11.4. The van der Waals surface area contributed by atoms with Gasteiger partial charge in [0.15, 0.2) is 5.76 Å². The van der Waals surface area contributed by atoms with E-state index >= 15 is 0 Å². The first-order valence-electron chi connectivity index (χ1n) is 11.0. The highest BCUT2D eigenvalue weighted by Gasteiger charge is 2.17. The predicted octanol–water partition coefficient (Wildman–Crippen LogP) is 7.39. The number of non-ortho nitro benzene ring substituents is 1. The van der Waals surface area contributed by atoms with Crippen molar-refractivity contribution in [3.8, 4) is 17.2 Å². The summed E-state index contributed by atoms with van der Waals surface area (Å²) in [5.74, 6) is 1.25. The van der Waals surface area contributed by atoms with Crippen LogP contribution in [-0.2, 0) is 6.61 Å². The fourth-order valence-corrected chi connectivity index (χ4v) is 3.72. The molecule has 36 heavy (non-hydrogen) atoms. The summed E-state index contributed by atoms with van der Waals surface area (Å²) in [6.07, 6.45) is 0. The monoisotopic (exact) mass is 506 g/mol. The second-order valence-electron chi connectivity index (χ2n) is 8.25. The molecule has 9 heteroatoms. The molecule has 0 saturated carbocycles. The van der Waals surface area contributed by atoms with Crippen LogP contribution < -0.4 is 14.8 Å². The molecule has 0 aliphatic rings. The van der Waals surface area contributed by atoms with Crippen LogP contribution in [0.4, 0.5) is 11.4 Å². The molecule has 184 valence electrons. The lowest BCUT2D eigenvalue weighted by Gasteiger charge is -2.13. The summed E-state index contributed by atoms with van der Waals surface area (Å²) in [6.45, 7) is 5.91. The molecule has 8 nitrogen and oxygen atoms in total. The minimum atomic E-state index is -0.571. The van der Waals surface area contributed by atoms with Gasteiger partial charge in [-0.1, -0.05) is 23.7 Å². The van der Waals surface area contributed by atoms with Crippen LogP contribution in [0, 0.1) is 30.9 Å². The quantitative estimate of drug-likeness (QED) is 0.197. The molecule has 4 aromatic rings. The molecule has 1 amide bonds. The van der Waals surface area contributed by atoms with Gasteiger partial charge in [-0.15, -0.1) is 0 Å². The van der Waals surface area contributed by atoms with Crippen molar-refractivity contribution in [1.82, 2.24) is 0 Å². The Hall–Kier alpha value is -4.30. The Kier molecular flexibility index (Phi) is 7.26. The molecule has 0 saturated heterocycles. The molecule has 0 aliphatic heterocycles. The van der Waals surface area contributed by atoms with E-state index in [1.807, 2.05) is 32.9 Å². The fourth-order valence-electron chi connectivity index (χ4n) is 3.54. The van der Waals surface area contributed by atoms with E-state index in [0.717, 1.165) is 16.7 Å². The first kappa shape index (κ1) is 24.8. The first-order chi connectivity index (χ1) is 17.2. The topological polar surface area (TPSA) is 104 Å². The largest absolute Gasteiger partial charge is 0.486 e. The van der Waals surface area contributed by atoms with Gasteiger partial charge in [0.25, 0.3) is 11.6 Å². The molecule has 0 radical (unpaired) electrons. The zero-order valence-corrected chi connectivity index (χ0v) is 20.6. The van der Waals surface area contributed by atoms with E-state index in [1.54, 1.807) is 30.3 Å². The van der Waals surface area contributed by atoms with Crippen LogP contribution in [0.15, 0.2) is 71.1 Å². The number of ether oxygens (including phenoxy) is 2. The van der Waals surface area contributed by atoms with Gasteiger partial charge in [-0.2, -0.15) is 0 Å². The number of nitrogens with one attached hydrogen (secondary N) is 1. The SMILES string of the molecule is Cc1cc(C)c(C)c(Oc2cc(NC(=O)c3ccc(COc4cccc(Cl)c4)o3)cc([N+](=O)[O-])c2)c1. The van der Waals surface area contributed by atoms with E-state index in [9.17, 15) is 14.9 Å². The highest BCUT2D eigenvalue weighted by molar-refractivity contribution is 6.30. The van der Waals surface area contributed by atoms with Crippen molar-refractivity contribution in [1.29, 1.82) is 0 Å². The Morgan fingerprint density at radius 3 is 2.58 bits per heavy atom. The van der Waals surface area contributed by atoms with Gasteiger partial charge in [0.05, 0.1) is 16.7 Å². The second kappa shape index (κ2) is 10.5. The summed E-state index contributed by atoms with van der Waals surface area (Å²) in [6, 6.07) is 18.0. The number of carbonyl (C=O) groups is 1. The third-order valence-electron chi connectivity index (χ3n) is 5.41. The van der Waals surface area contributed by atoms with Crippen LogP contribution >= 0.6 is 11.6 Å². The molecule has 1 aromatic heterocycles. The number of anilines is 1. The van der Waals surface area contributed by atoms with Gasteiger partial charge in [-0.3, -0.25) is 14.9 Å². The molecule has 4 rings (SSSR count). The number of amides is 1. The van der Waals surface area contributed by atoms with Gasteiger partial charge >= 0.3 is 0 Å². The minimum absolute atomic E-state index is 0.0267. The molecule has 3 aromatic carbocycles. The smallest absolute Gasteiger partial charge is 0.291 e. The standard InChI is InChI=1S/C27H23ClN2O6/c1-16-9-17(2)18(3)26(10-16)36-24-13-20(12-21(14-24)30(32)33)29-27(31)25-8-7-23(35-25)15-34-22-6-4-5-19(28)11-22/h4-14H,15H2,1-3H3,(H,29,31). The summed E-state index contributed by atoms with van der Waals surface area (Å²) in [4.78, 5) is 23.7. The number of furan rings is 1. The number of benzene rings is 3. The maximum Gasteiger partial charge on any atom is 0.291 e. The van der Waals surface area contributed by atoms with Crippen molar-refractivity contribution < 1.29 is 23.6 Å². The Morgan fingerprint density at radius 1 is 1.03 bits per heavy atom. The summed E-state index contributed by atoms with van der Waals surface area (Å²) in [5, 5.41) is 14.7. The Labute approximate surface area is 212 Å². The van der Waals surface area contributed by atoms with E-state index in [4.69, 9.17) is 25.5 Å². The number of carbonyl (C=O) groups excluding carboxylic acids is 1. The van der Waals surface area contributed by atoms with E-state index in [2.05, 4.69) is 5.32 Å². The zero-order valence-electron chi connectivity index (χ0n) is 19.8. The summed E-state index contributed by atoms with van der Waals surface area (Å²) in [7, 11) is 0. The number of nitro groups is 1. The molecule has 0 atom stereocenters. The summed E-state index contributed by atoms with van der Waals surface area (Å²) >= 11 is 5.95. The van der Waals surface area contributed by atoms with E-state index in [1.165, 1.54) is 24.3 Å². The molecule has 0 fully saturated rings. The number of hydrogen-bond acceptors (Lipinski definition) is 6. The van der Waals surface area contributed by atoms with Gasteiger partial charge in [0.1, 0.15) is 29.6 Å². The van der Waals surface area contributed by atoms with Crippen LogP contribution in [0.25, 0.3) is 0 Å². The van der Waals surface area contributed by atoms with Crippen LogP contribution in [0.1, 0.15) is 33.0 Å². The second-order valence-corrected chi connectivity index (χ2v) is 8.68. The van der Waals surface area contributed by atoms with Gasteiger partial charge in [-0.25, -0.2) is 0 Å². The van der Waals surface area contributed by atoms with Crippen LogP contribution in [0.3, 0.4) is 0 Å². The van der Waals surface area contributed by atoms with E-state index in [0.29, 0.717) is 22.3 Å². The normalized spacial score (nSPS) is 10.7. The highest BCUT2D eigenvalue weighted by atomic mass is 35.5. The van der Waals surface area contributed by atoms with Gasteiger partial charge in [-0.05, 0) is 73.9 Å². The summed E-state index contributed by atoms with van der Waals surface area (Å²) < 4.78 is 17.2. The van der Waals surface area contributed by atoms with Crippen molar-refractivity contribution in [2.75, 3.05) is 5.32 Å². The number of aryl methyl sites for hydroxylation is 2. The highest BCUT2D eigenvalue weighted by Crippen LogP contribution is 2.33. The van der Waals surface area contributed by atoms with Crippen molar-refractivity contribution >= 4 is 28.9 Å². The number of halogens is 1. The molecular formula is C27H23ClN2O6. The third kappa shape index (κ3) is 6.03. The van der Waals surface area contributed by atoms with Crippen molar-refractivity contribution in [2.24, 2.45) is 0 Å². The Morgan fingerprint density at radius 2 is 1.83 bits per heavy atom. The van der Waals surface area contributed by atoms with E-state index in [-0.39, 0.29) is 29.5 Å². The van der Waals surface area contributed by atoms with Gasteiger partial charge < -0.3 is 19.2 Å². The average molecular weight is 507 g/mol. The van der Waals surface area contributed by atoms with Gasteiger partial charge in [0, 0.05) is 17.2 Å². The van der Waals surface area contributed by atoms with Crippen molar-refractivity contribution in [3.05, 3.63) is 110 Å². The average Bonchev–Trinajstić information content (AvgIpc) is 3.30. The molecule has 0 spiro atoms. The minimum Gasteiger partial charge on any atom is -0.486 e. The molecule has 0 unspecified atom stereocenters. The van der Waals surface area contributed by atoms with Crippen molar-refractivity contribution in [3.63, 3.8) is 0 Å². The lowest BCUT2D eigenvalue weighted by molar-refractivity contribution is -0.384. The lowest BCUT2D eigenvalue weighted by atomic mass is 10.1. The molecule has 0 aliphatic carbocycles. The van der Waals surface area contributed by atoms with E-state index < -0.39 is 10.8 Å².